The van der Waals surface area contributed by atoms with Crippen molar-refractivity contribution in [3.8, 4) is 0 Å². The van der Waals surface area contributed by atoms with E-state index in [4.69, 9.17) is 0 Å². The Hall–Kier alpha value is 0.597. The van der Waals surface area contributed by atoms with E-state index in [1.807, 2.05) is 0 Å². The Bertz CT molecular complexity index is 5.90. The SMILES string of the molecule is C.C[CH-]CC.[Li+]. The molecule has 0 aromatic carbocycles. The molecule has 0 saturated heterocycles. The summed E-state index contributed by atoms with van der Waals surface area (Å²) in [5.74, 6) is 0. The Morgan fingerprint density at radius 2 is 1.67 bits per heavy atom. The first kappa shape index (κ1) is 16.0. The molecule has 1 heteroatoms. The number of hydrogen-bond donors (Lipinski definition) is 0. The van der Waals surface area contributed by atoms with E-state index < -0.39 is 0 Å². The maximum Gasteiger partial charge on any atom is 1.00 e. The minimum absolute atomic E-state index is 0. The molecule has 6 heavy (non-hydrogen) atoms. The summed E-state index contributed by atoms with van der Waals surface area (Å²) in [5.41, 5.74) is 0. The van der Waals surface area contributed by atoms with Crippen molar-refractivity contribution in [2.24, 2.45) is 0 Å². The predicted octanol–water partition coefficient (Wildman–Crippen LogP) is -0.739. The Labute approximate surface area is 53.5 Å². The van der Waals surface area contributed by atoms with Crippen LogP contribution < -0.4 is 18.9 Å². The molecule has 0 spiro atoms. The van der Waals surface area contributed by atoms with Crippen LogP contribution in [0.5, 0.6) is 0 Å². The van der Waals surface area contributed by atoms with Gasteiger partial charge in [0.05, 0.1) is 0 Å². The number of rotatable bonds is 1. The summed E-state index contributed by atoms with van der Waals surface area (Å²) >= 11 is 0. The van der Waals surface area contributed by atoms with E-state index in [0.717, 1.165) is 0 Å². The van der Waals surface area contributed by atoms with Crippen molar-refractivity contribution in [1.82, 2.24) is 0 Å². The molecule has 0 aliphatic carbocycles. The van der Waals surface area contributed by atoms with Gasteiger partial charge in [-0.2, -0.15) is 13.3 Å². The normalized spacial score (nSPS) is 5.00. The van der Waals surface area contributed by atoms with Crippen molar-refractivity contribution in [1.29, 1.82) is 0 Å². The van der Waals surface area contributed by atoms with Gasteiger partial charge in [0.15, 0.2) is 0 Å². The molecule has 0 atom stereocenters. The molecule has 0 nitrogen and oxygen atoms in total. The summed E-state index contributed by atoms with van der Waals surface area (Å²) in [6, 6.07) is 0. The van der Waals surface area contributed by atoms with Crippen molar-refractivity contribution >= 4 is 0 Å². The summed E-state index contributed by atoms with van der Waals surface area (Å²) in [5, 5.41) is 0. The third-order valence-corrected chi connectivity index (χ3v) is 0.408. The van der Waals surface area contributed by atoms with Crippen molar-refractivity contribution in [3.63, 3.8) is 0 Å². The van der Waals surface area contributed by atoms with Crippen LogP contribution in [0.3, 0.4) is 0 Å². The van der Waals surface area contributed by atoms with Gasteiger partial charge in [0.1, 0.15) is 0 Å². The summed E-state index contributed by atoms with van der Waals surface area (Å²) in [4.78, 5) is 0. The Morgan fingerprint density at radius 3 is 1.67 bits per heavy atom. The fourth-order valence-corrected chi connectivity index (χ4v) is 0. The van der Waals surface area contributed by atoms with Crippen molar-refractivity contribution in [2.75, 3.05) is 0 Å². The van der Waals surface area contributed by atoms with Gasteiger partial charge in [-0.15, -0.1) is 0 Å². The van der Waals surface area contributed by atoms with Gasteiger partial charge < -0.3 is 6.42 Å². The summed E-state index contributed by atoms with van der Waals surface area (Å²) in [6.45, 7) is 4.18. The van der Waals surface area contributed by atoms with Crippen LogP contribution in [0.4, 0.5) is 0 Å². The Morgan fingerprint density at radius 1 is 1.50 bits per heavy atom. The van der Waals surface area contributed by atoms with Crippen LogP contribution >= 0.6 is 0 Å². The summed E-state index contributed by atoms with van der Waals surface area (Å²) in [7, 11) is 0. The van der Waals surface area contributed by atoms with Gasteiger partial charge in [-0.25, -0.2) is 0 Å². The Balaban J connectivity index is -0.0000000450. The van der Waals surface area contributed by atoms with Crippen LogP contribution in [0, 0.1) is 6.42 Å². The van der Waals surface area contributed by atoms with Crippen molar-refractivity contribution < 1.29 is 18.9 Å². The maximum absolute atomic E-state index is 2.12. The molecule has 0 amide bonds. The van der Waals surface area contributed by atoms with Gasteiger partial charge in [-0.1, -0.05) is 14.4 Å². The molecule has 0 fully saturated rings. The second-order valence-corrected chi connectivity index (χ2v) is 0.816. The molecular weight excluding hydrogens is 67.0 g/mol. The van der Waals surface area contributed by atoms with Gasteiger partial charge in [-0.05, 0) is 0 Å². The van der Waals surface area contributed by atoms with E-state index in [0.29, 0.717) is 0 Å². The van der Waals surface area contributed by atoms with Gasteiger partial charge in [-0.3, -0.25) is 0 Å². The van der Waals surface area contributed by atoms with Crippen molar-refractivity contribution in [2.45, 2.75) is 27.7 Å². The molecule has 0 radical (unpaired) electrons. The average molecular weight is 80.1 g/mol. The second-order valence-electron chi connectivity index (χ2n) is 0.816. The van der Waals surface area contributed by atoms with Crippen LogP contribution in [0.25, 0.3) is 0 Å². The molecule has 0 unspecified atom stereocenters. The summed E-state index contributed by atoms with van der Waals surface area (Å²) in [6.07, 6.45) is 3.32. The molecule has 0 heterocycles. The van der Waals surface area contributed by atoms with Gasteiger partial charge in [0, 0.05) is 0 Å². The van der Waals surface area contributed by atoms with Gasteiger partial charge in [0.25, 0.3) is 0 Å². The molecule has 0 aliphatic rings. The minimum Gasteiger partial charge on any atom is -0.332 e. The van der Waals surface area contributed by atoms with E-state index in [9.17, 15) is 0 Å². The molecule has 34 valence electrons. The van der Waals surface area contributed by atoms with E-state index >= 15 is 0 Å². The van der Waals surface area contributed by atoms with Crippen LogP contribution in [-0.4, -0.2) is 0 Å². The summed E-state index contributed by atoms with van der Waals surface area (Å²) < 4.78 is 0. The fraction of sp³-hybridized carbons (Fsp3) is 0.800. The first-order chi connectivity index (χ1) is 1.91. The standard InChI is InChI=1S/C4H9.CH4.Li/c1-3-4-2;;/h3H,4H2,1-2H3;1H4;/q-1;;+1. The monoisotopic (exact) mass is 80.1 g/mol. The van der Waals surface area contributed by atoms with Crippen molar-refractivity contribution in [3.05, 3.63) is 6.42 Å². The van der Waals surface area contributed by atoms with E-state index in [-0.39, 0.29) is 26.3 Å². The third kappa shape index (κ3) is 23.3. The van der Waals surface area contributed by atoms with E-state index in [2.05, 4.69) is 20.3 Å². The molecule has 0 aromatic rings. The smallest absolute Gasteiger partial charge is 0.332 e. The predicted molar refractivity (Wildman–Crippen MR) is 27.0 cm³/mol. The molecule has 0 bridgehead atoms. The molecule has 0 saturated carbocycles. The van der Waals surface area contributed by atoms with Crippen LogP contribution in [0.2, 0.25) is 0 Å². The van der Waals surface area contributed by atoms with Crippen LogP contribution in [-0.2, 0) is 0 Å². The van der Waals surface area contributed by atoms with Crippen LogP contribution in [0.1, 0.15) is 27.7 Å². The molecular formula is C5H13Li. The maximum atomic E-state index is 2.12. The number of unbranched alkanes of at least 4 members (excludes halogenated alkanes) is 1. The van der Waals surface area contributed by atoms with E-state index in [1.165, 1.54) is 6.42 Å². The topological polar surface area (TPSA) is 0 Å². The largest absolute Gasteiger partial charge is 1.00 e. The molecule has 0 aromatic heterocycles. The first-order valence-electron chi connectivity index (χ1n) is 1.69. The van der Waals surface area contributed by atoms with Crippen LogP contribution in [0.15, 0.2) is 0 Å². The third-order valence-electron chi connectivity index (χ3n) is 0.408. The zero-order chi connectivity index (χ0) is 3.41. The fourth-order valence-electron chi connectivity index (χ4n) is 0. The zero-order valence-electron chi connectivity index (χ0n) is 4.28. The second kappa shape index (κ2) is 17.5. The molecule has 0 aliphatic heterocycles. The van der Waals surface area contributed by atoms with E-state index in [1.54, 1.807) is 0 Å². The van der Waals surface area contributed by atoms with Gasteiger partial charge in [0.2, 0.25) is 0 Å². The number of hydrogen-bond acceptors (Lipinski definition) is 0. The minimum atomic E-state index is 0. The first-order valence-corrected chi connectivity index (χ1v) is 1.69. The average Bonchev–Trinajstić information content (AvgIpc) is 1.37. The van der Waals surface area contributed by atoms with Gasteiger partial charge >= 0.3 is 18.9 Å². The molecule has 0 rings (SSSR count). The quantitative estimate of drug-likeness (QED) is 0.287. The molecule has 0 N–H and O–H groups in total. The Kier molecular flexibility index (Phi) is 46.7. The zero-order valence-corrected chi connectivity index (χ0v) is 4.28.